The van der Waals surface area contributed by atoms with Crippen LogP contribution in [0.15, 0.2) is 71.1 Å². The third-order valence-corrected chi connectivity index (χ3v) is 6.15. The Morgan fingerprint density at radius 3 is 2.48 bits per heavy atom. The molecule has 0 bridgehead atoms. The summed E-state index contributed by atoms with van der Waals surface area (Å²) in [7, 11) is 0. The summed E-state index contributed by atoms with van der Waals surface area (Å²) in [6.45, 7) is 1.96. The first-order chi connectivity index (χ1) is 13.3. The van der Waals surface area contributed by atoms with Gasteiger partial charge in [-0.2, -0.15) is 0 Å². The van der Waals surface area contributed by atoms with Crippen molar-refractivity contribution in [1.82, 2.24) is 9.97 Å². The Kier molecular flexibility index (Phi) is 2.96. The molecule has 0 aliphatic heterocycles. The van der Waals surface area contributed by atoms with Gasteiger partial charge in [0.25, 0.3) is 0 Å². The molecule has 0 aliphatic rings. The van der Waals surface area contributed by atoms with Gasteiger partial charge in [0.2, 0.25) is 0 Å². The Bertz CT molecular complexity index is 1490. The number of aryl methyl sites for hydroxylation is 1. The topological polar surface area (TPSA) is 38.9 Å². The van der Waals surface area contributed by atoms with E-state index in [9.17, 15) is 0 Å². The lowest BCUT2D eigenvalue weighted by molar-refractivity contribution is 0.669. The van der Waals surface area contributed by atoms with Gasteiger partial charge in [-0.3, -0.25) is 0 Å². The van der Waals surface area contributed by atoms with E-state index >= 15 is 0 Å². The Balaban J connectivity index is 1.70. The van der Waals surface area contributed by atoms with Crippen LogP contribution in [0.2, 0.25) is 0 Å². The van der Waals surface area contributed by atoms with Crippen molar-refractivity contribution in [2.75, 3.05) is 0 Å². The second kappa shape index (κ2) is 5.38. The number of nitrogens with zero attached hydrogens (tertiary/aromatic N) is 2. The van der Waals surface area contributed by atoms with Crippen molar-refractivity contribution in [2.24, 2.45) is 0 Å². The standard InChI is InChI=1S/C23H14N2OS/c1-13-24-21(23-22(25-13)16-7-3-5-9-20(16)27-23)14-10-11-19-17(12-14)15-6-2-4-8-18(15)26-19/h2-12H,1H3. The molecule has 0 spiro atoms. The number of aromatic nitrogens is 2. The van der Waals surface area contributed by atoms with E-state index in [2.05, 4.69) is 42.5 Å². The Morgan fingerprint density at radius 2 is 1.56 bits per heavy atom. The molecule has 0 N–H and O–H groups in total. The highest BCUT2D eigenvalue weighted by atomic mass is 32.1. The minimum Gasteiger partial charge on any atom is -0.456 e. The summed E-state index contributed by atoms with van der Waals surface area (Å²) >= 11 is 1.75. The Labute approximate surface area is 158 Å². The molecule has 3 aromatic carbocycles. The van der Waals surface area contributed by atoms with Crippen molar-refractivity contribution in [2.45, 2.75) is 6.92 Å². The fourth-order valence-electron chi connectivity index (χ4n) is 3.77. The molecule has 128 valence electrons. The first-order valence-corrected chi connectivity index (χ1v) is 9.67. The SMILES string of the molecule is Cc1nc(-c2ccc3oc4ccccc4c3c2)c2sc3ccccc3c2n1. The summed E-state index contributed by atoms with van der Waals surface area (Å²) < 4.78 is 8.35. The van der Waals surface area contributed by atoms with Gasteiger partial charge >= 0.3 is 0 Å². The average molecular weight is 366 g/mol. The van der Waals surface area contributed by atoms with Gasteiger partial charge in [0.05, 0.1) is 15.9 Å². The number of rotatable bonds is 1. The first kappa shape index (κ1) is 14.9. The normalized spacial score (nSPS) is 11.9. The fourth-order valence-corrected chi connectivity index (χ4v) is 4.93. The van der Waals surface area contributed by atoms with Gasteiger partial charge in [-0.1, -0.05) is 36.4 Å². The van der Waals surface area contributed by atoms with Gasteiger partial charge in [0.15, 0.2) is 0 Å². The maximum absolute atomic E-state index is 5.97. The second-order valence-electron chi connectivity index (χ2n) is 6.70. The van der Waals surface area contributed by atoms with Crippen molar-refractivity contribution in [3.8, 4) is 11.3 Å². The van der Waals surface area contributed by atoms with Crippen LogP contribution < -0.4 is 0 Å². The van der Waals surface area contributed by atoms with E-state index in [-0.39, 0.29) is 0 Å². The smallest absolute Gasteiger partial charge is 0.135 e. The number of benzene rings is 3. The molecule has 0 saturated carbocycles. The molecule has 3 nitrogen and oxygen atoms in total. The van der Waals surface area contributed by atoms with Crippen LogP contribution in [0.5, 0.6) is 0 Å². The van der Waals surface area contributed by atoms with E-state index in [0.717, 1.165) is 49.2 Å². The van der Waals surface area contributed by atoms with Crippen LogP contribution in [-0.4, -0.2) is 9.97 Å². The van der Waals surface area contributed by atoms with E-state index in [1.165, 1.54) is 10.1 Å². The average Bonchev–Trinajstić information content (AvgIpc) is 3.25. The number of hydrogen-bond donors (Lipinski definition) is 0. The van der Waals surface area contributed by atoms with Crippen LogP contribution in [0.4, 0.5) is 0 Å². The molecule has 4 heteroatoms. The van der Waals surface area contributed by atoms with Gasteiger partial charge in [-0.25, -0.2) is 9.97 Å². The summed E-state index contributed by atoms with van der Waals surface area (Å²) in [6, 6.07) is 22.9. The van der Waals surface area contributed by atoms with Crippen molar-refractivity contribution >= 4 is 53.6 Å². The predicted octanol–water partition coefficient (Wildman–Crippen LogP) is 6.72. The maximum atomic E-state index is 5.97. The summed E-state index contributed by atoms with van der Waals surface area (Å²) in [6.07, 6.45) is 0. The number of thiophene rings is 1. The van der Waals surface area contributed by atoms with Gasteiger partial charge in [0.1, 0.15) is 17.0 Å². The van der Waals surface area contributed by atoms with E-state index in [0.29, 0.717) is 0 Å². The zero-order valence-corrected chi connectivity index (χ0v) is 15.4. The van der Waals surface area contributed by atoms with Crippen LogP contribution in [-0.2, 0) is 0 Å². The fraction of sp³-hybridized carbons (Fsp3) is 0.0435. The third kappa shape index (κ3) is 2.14. The largest absolute Gasteiger partial charge is 0.456 e. The van der Waals surface area contributed by atoms with Gasteiger partial charge in [-0.15, -0.1) is 11.3 Å². The molecule has 6 rings (SSSR count). The molecular weight excluding hydrogens is 352 g/mol. The molecule has 0 amide bonds. The maximum Gasteiger partial charge on any atom is 0.135 e. The number of fused-ring (bicyclic) bond motifs is 6. The second-order valence-corrected chi connectivity index (χ2v) is 7.76. The Hall–Kier alpha value is -3.24. The van der Waals surface area contributed by atoms with E-state index < -0.39 is 0 Å². The van der Waals surface area contributed by atoms with Crippen LogP contribution in [0.25, 0.3) is 53.5 Å². The molecule has 0 saturated heterocycles. The molecule has 27 heavy (non-hydrogen) atoms. The quantitative estimate of drug-likeness (QED) is 0.324. The number of hydrogen-bond acceptors (Lipinski definition) is 4. The lowest BCUT2D eigenvalue weighted by Gasteiger charge is -2.04. The molecule has 0 fully saturated rings. The number of para-hydroxylation sites is 1. The minimum atomic E-state index is 0.790. The van der Waals surface area contributed by atoms with Crippen molar-refractivity contribution in [3.63, 3.8) is 0 Å². The third-order valence-electron chi connectivity index (χ3n) is 4.98. The predicted molar refractivity (Wildman–Crippen MR) is 112 cm³/mol. The van der Waals surface area contributed by atoms with Gasteiger partial charge in [0, 0.05) is 26.4 Å². The summed E-state index contributed by atoms with van der Waals surface area (Å²) in [5.74, 6) is 0.790. The van der Waals surface area contributed by atoms with E-state index in [1.54, 1.807) is 11.3 Å². The molecule has 0 radical (unpaired) electrons. The van der Waals surface area contributed by atoms with Gasteiger partial charge in [-0.05, 0) is 37.3 Å². The summed E-state index contributed by atoms with van der Waals surface area (Å²) in [5, 5.41) is 3.44. The molecular formula is C23H14N2OS. The van der Waals surface area contributed by atoms with Crippen molar-refractivity contribution in [3.05, 3.63) is 72.6 Å². The summed E-state index contributed by atoms with van der Waals surface area (Å²) in [4.78, 5) is 9.54. The highest BCUT2D eigenvalue weighted by Crippen LogP contribution is 2.39. The first-order valence-electron chi connectivity index (χ1n) is 8.85. The van der Waals surface area contributed by atoms with E-state index in [1.807, 2.05) is 31.2 Å². The van der Waals surface area contributed by atoms with Crippen molar-refractivity contribution < 1.29 is 4.42 Å². The highest BCUT2D eigenvalue weighted by Gasteiger charge is 2.15. The van der Waals surface area contributed by atoms with Gasteiger partial charge < -0.3 is 4.42 Å². The number of furan rings is 1. The minimum absolute atomic E-state index is 0.790. The molecule has 3 aromatic heterocycles. The highest BCUT2D eigenvalue weighted by molar-refractivity contribution is 7.26. The lowest BCUT2D eigenvalue weighted by atomic mass is 10.1. The molecule has 0 unspecified atom stereocenters. The monoisotopic (exact) mass is 366 g/mol. The Morgan fingerprint density at radius 1 is 0.778 bits per heavy atom. The van der Waals surface area contributed by atoms with Crippen LogP contribution in [0, 0.1) is 6.92 Å². The zero-order valence-electron chi connectivity index (χ0n) is 14.6. The molecule has 6 aromatic rings. The van der Waals surface area contributed by atoms with Crippen LogP contribution in [0.1, 0.15) is 5.82 Å². The molecule has 3 heterocycles. The van der Waals surface area contributed by atoms with Crippen LogP contribution >= 0.6 is 11.3 Å². The van der Waals surface area contributed by atoms with Crippen LogP contribution in [0.3, 0.4) is 0 Å². The zero-order chi connectivity index (χ0) is 18.0. The lowest BCUT2D eigenvalue weighted by Crippen LogP contribution is -1.91. The summed E-state index contributed by atoms with van der Waals surface area (Å²) in [5.41, 5.74) is 4.94. The van der Waals surface area contributed by atoms with E-state index in [4.69, 9.17) is 14.4 Å². The molecule has 0 atom stereocenters. The molecule has 0 aliphatic carbocycles. The van der Waals surface area contributed by atoms with Crippen molar-refractivity contribution in [1.29, 1.82) is 0 Å².